The Balaban J connectivity index is 1.29. The molecule has 9 heteroatoms. The van der Waals surface area contributed by atoms with Crippen LogP contribution in [-0.2, 0) is 29.0 Å². The predicted molar refractivity (Wildman–Crippen MR) is 108 cm³/mol. The van der Waals surface area contributed by atoms with E-state index in [1.54, 1.807) is 19.2 Å². The molecular formula is C20H22N4O4S. The highest BCUT2D eigenvalue weighted by molar-refractivity contribution is 7.15. The fraction of sp³-hybridized carbons (Fsp3) is 0.400. The van der Waals surface area contributed by atoms with Gasteiger partial charge in [0.1, 0.15) is 11.8 Å². The first kappa shape index (κ1) is 19.4. The molecule has 2 heterocycles. The number of benzene rings is 1. The summed E-state index contributed by atoms with van der Waals surface area (Å²) in [4.78, 5) is 43.9. The Morgan fingerprint density at radius 2 is 2.10 bits per heavy atom. The van der Waals surface area contributed by atoms with Crippen LogP contribution in [-0.4, -0.2) is 40.9 Å². The lowest BCUT2D eigenvalue weighted by Crippen LogP contribution is -2.31. The molecule has 0 bridgehead atoms. The Morgan fingerprint density at radius 1 is 1.31 bits per heavy atom. The van der Waals surface area contributed by atoms with E-state index >= 15 is 0 Å². The van der Waals surface area contributed by atoms with Gasteiger partial charge in [0.15, 0.2) is 5.13 Å². The third kappa shape index (κ3) is 4.24. The number of nitrogens with zero attached hydrogens (tertiary/aromatic N) is 2. The lowest BCUT2D eigenvalue weighted by molar-refractivity contribution is -0.128. The summed E-state index contributed by atoms with van der Waals surface area (Å²) in [5.41, 5.74) is 1.90. The van der Waals surface area contributed by atoms with E-state index in [4.69, 9.17) is 4.74 Å². The molecule has 1 atom stereocenters. The zero-order valence-electron chi connectivity index (χ0n) is 16.1. The van der Waals surface area contributed by atoms with Crippen LogP contribution in [0.3, 0.4) is 0 Å². The molecule has 2 aromatic rings. The van der Waals surface area contributed by atoms with E-state index in [1.165, 1.54) is 21.1 Å². The quantitative estimate of drug-likeness (QED) is 0.678. The number of amides is 4. The Labute approximate surface area is 172 Å². The van der Waals surface area contributed by atoms with Gasteiger partial charge in [0.2, 0.25) is 5.91 Å². The van der Waals surface area contributed by atoms with Crippen molar-refractivity contribution in [1.82, 2.24) is 15.2 Å². The number of anilines is 1. The number of fused-ring (bicyclic) bond motifs is 1. The monoisotopic (exact) mass is 414 g/mol. The lowest BCUT2D eigenvalue weighted by Gasteiger charge is -2.13. The first-order valence-electron chi connectivity index (χ1n) is 9.56. The molecular weight excluding hydrogens is 392 g/mol. The molecule has 1 aliphatic heterocycles. The number of rotatable bonds is 7. The van der Waals surface area contributed by atoms with Crippen LogP contribution in [0.2, 0.25) is 0 Å². The number of aromatic nitrogens is 1. The number of urea groups is 1. The molecule has 8 nitrogen and oxygen atoms in total. The number of hydrogen-bond donors (Lipinski definition) is 2. The highest BCUT2D eigenvalue weighted by Gasteiger charge is 2.37. The van der Waals surface area contributed by atoms with Gasteiger partial charge in [-0.15, -0.1) is 11.3 Å². The number of thiazole rings is 1. The zero-order chi connectivity index (χ0) is 20.4. The van der Waals surface area contributed by atoms with Crippen molar-refractivity contribution in [2.75, 3.05) is 12.4 Å². The van der Waals surface area contributed by atoms with Gasteiger partial charge in [-0.2, -0.15) is 0 Å². The van der Waals surface area contributed by atoms with E-state index in [0.717, 1.165) is 30.5 Å². The molecule has 1 aliphatic carbocycles. The largest absolute Gasteiger partial charge is 0.497 e. The molecule has 2 N–H and O–H groups in total. The molecule has 2 aliphatic rings. The van der Waals surface area contributed by atoms with Gasteiger partial charge in [0.05, 0.1) is 19.3 Å². The van der Waals surface area contributed by atoms with E-state index in [9.17, 15) is 14.4 Å². The van der Waals surface area contributed by atoms with E-state index in [0.29, 0.717) is 10.9 Å². The van der Waals surface area contributed by atoms with E-state index < -0.39 is 12.1 Å². The van der Waals surface area contributed by atoms with Gasteiger partial charge >= 0.3 is 6.03 Å². The predicted octanol–water partition coefficient (Wildman–Crippen LogP) is 2.48. The van der Waals surface area contributed by atoms with Crippen LogP contribution >= 0.6 is 11.3 Å². The van der Waals surface area contributed by atoms with Crippen molar-refractivity contribution >= 4 is 34.3 Å². The summed E-state index contributed by atoms with van der Waals surface area (Å²) in [7, 11) is 1.58. The van der Waals surface area contributed by atoms with Crippen LogP contribution in [0.1, 0.15) is 35.4 Å². The minimum atomic E-state index is -0.687. The molecule has 1 aromatic heterocycles. The van der Waals surface area contributed by atoms with Gasteiger partial charge in [-0.1, -0.05) is 12.1 Å². The third-order valence-corrected chi connectivity index (χ3v) is 6.18. The Kier molecular flexibility index (Phi) is 5.48. The second kappa shape index (κ2) is 8.20. The molecule has 152 valence electrons. The topological polar surface area (TPSA) is 101 Å². The number of hydrogen-bond acceptors (Lipinski definition) is 6. The highest BCUT2D eigenvalue weighted by Crippen LogP contribution is 2.30. The summed E-state index contributed by atoms with van der Waals surface area (Å²) in [6.07, 6.45) is 3.50. The second-order valence-corrected chi connectivity index (χ2v) is 8.19. The van der Waals surface area contributed by atoms with Crippen LogP contribution in [0.25, 0.3) is 0 Å². The van der Waals surface area contributed by atoms with Gasteiger partial charge in [0, 0.05) is 11.3 Å². The third-order valence-electron chi connectivity index (χ3n) is 5.11. The van der Waals surface area contributed by atoms with Gasteiger partial charge in [-0.05, 0) is 43.4 Å². The van der Waals surface area contributed by atoms with Crippen LogP contribution in [0.5, 0.6) is 5.75 Å². The van der Waals surface area contributed by atoms with Crippen molar-refractivity contribution in [2.45, 2.75) is 44.7 Å². The van der Waals surface area contributed by atoms with Crippen molar-refractivity contribution in [1.29, 1.82) is 0 Å². The number of carbonyl (C=O) groups excluding carboxylic acids is 3. The standard InChI is InChI=1S/C20H22N4O4S/c1-28-13-7-5-12(6-8-13)11-24-18(26)15(22-20(24)27)9-10-17(25)23-19-21-14-3-2-4-16(14)29-19/h5-8,15H,2-4,9-11H2,1H3,(H,22,27)(H,21,23,25)/t15-/m1/s1. The van der Waals surface area contributed by atoms with Crippen molar-refractivity contribution in [3.05, 3.63) is 40.4 Å². The summed E-state index contributed by atoms with van der Waals surface area (Å²) < 4.78 is 5.11. The SMILES string of the molecule is COc1ccc(CN2C(=O)N[C@H](CCC(=O)Nc3nc4c(s3)CCC4)C2=O)cc1. The number of nitrogens with one attached hydrogen (secondary N) is 2. The summed E-state index contributed by atoms with van der Waals surface area (Å²) in [6, 6.07) is 6.06. The van der Waals surface area contributed by atoms with Gasteiger partial charge in [-0.3, -0.25) is 14.5 Å². The normalized spacial score (nSPS) is 18.0. The molecule has 0 unspecified atom stereocenters. The molecule has 0 saturated carbocycles. The Bertz CT molecular complexity index is 919. The number of imide groups is 1. The van der Waals surface area contributed by atoms with Crippen molar-refractivity contribution < 1.29 is 19.1 Å². The lowest BCUT2D eigenvalue weighted by atomic mass is 10.1. The van der Waals surface area contributed by atoms with Gasteiger partial charge in [0.25, 0.3) is 5.91 Å². The molecule has 29 heavy (non-hydrogen) atoms. The zero-order valence-corrected chi connectivity index (χ0v) is 16.9. The number of aryl methyl sites for hydroxylation is 2. The van der Waals surface area contributed by atoms with Crippen molar-refractivity contribution in [2.24, 2.45) is 0 Å². The molecule has 0 radical (unpaired) electrons. The summed E-state index contributed by atoms with van der Waals surface area (Å²) in [5, 5.41) is 6.08. The van der Waals surface area contributed by atoms with Crippen molar-refractivity contribution in [3.8, 4) is 5.75 Å². The molecule has 0 spiro atoms. The van der Waals surface area contributed by atoms with E-state index in [2.05, 4.69) is 15.6 Å². The molecule has 1 fully saturated rings. The van der Waals surface area contributed by atoms with Crippen LogP contribution in [0.15, 0.2) is 24.3 Å². The maximum absolute atomic E-state index is 12.6. The van der Waals surface area contributed by atoms with Crippen LogP contribution in [0, 0.1) is 0 Å². The molecule has 4 rings (SSSR count). The van der Waals surface area contributed by atoms with Crippen LogP contribution in [0.4, 0.5) is 9.93 Å². The number of carbonyl (C=O) groups is 3. The smallest absolute Gasteiger partial charge is 0.325 e. The number of methoxy groups -OCH3 is 1. The first-order chi connectivity index (χ1) is 14.0. The van der Waals surface area contributed by atoms with Gasteiger partial charge in [-0.25, -0.2) is 9.78 Å². The van der Waals surface area contributed by atoms with Crippen LogP contribution < -0.4 is 15.4 Å². The summed E-state index contributed by atoms with van der Waals surface area (Å²) >= 11 is 1.52. The minimum Gasteiger partial charge on any atom is -0.497 e. The first-order valence-corrected chi connectivity index (χ1v) is 10.4. The van der Waals surface area contributed by atoms with Crippen molar-refractivity contribution in [3.63, 3.8) is 0 Å². The summed E-state index contributed by atoms with van der Waals surface area (Å²) in [6.45, 7) is 0.183. The molecule has 4 amide bonds. The number of ether oxygens (including phenoxy) is 1. The molecule has 1 aromatic carbocycles. The Morgan fingerprint density at radius 3 is 2.83 bits per heavy atom. The van der Waals surface area contributed by atoms with Gasteiger partial charge < -0.3 is 15.4 Å². The maximum atomic E-state index is 12.6. The average Bonchev–Trinajstić information content (AvgIpc) is 3.37. The fourth-order valence-corrected chi connectivity index (χ4v) is 4.60. The van der Waals surface area contributed by atoms with E-state index in [-0.39, 0.29) is 31.2 Å². The Hall–Kier alpha value is -2.94. The average molecular weight is 414 g/mol. The fourth-order valence-electron chi connectivity index (χ4n) is 3.54. The maximum Gasteiger partial charge on any atom is 0.325 e. The second-order valence-electron chi connectivity index (χ2n) is 7.10. The summed E-state index contributed by atoms with van der Waals surface area (Å²) in [5.74, 6) is 0.195. The van der Waals surface area contributed by atoms with E-state index in [1.807, 2.05) is 12.1 Å². The molecule has 1 saturated heterocycles. The highest BCUT2D eigenvalue weighted by atomic mass is 32.1. The minimum absolute atomic E-state index is 0.136.